The van der Waals surface area contributed by atoms with Gasteiger partial charge in [-0.05, 0) is 50.8 Å². The molecule has 1 rings (SSSR count). The van der Waals surface area contributed by atoms with Gasteiger partial charge in [-0.15, -0.1) is 0 Å². The van der Waals surface area contributed by atoms with Crippen LogP contribution < -0.4 is 5.32 Å². The first kappa shape index (κ1) is 16.2. The molecule has 2 nitrogen and oxygen atoms in total. The van der Waals surface area contributed by atoms with Crippen molar-refractivity contribution in [3.8, 4) is 0 Å². The minimum absolute atomic E-state index is 0.418. The number of rotatable bonds is 10. The van der Waals surface area contributed by atoms with Crippen molar-refractivity contribution in [3.05, 3.63) is 35.4 Å². The monoisotopic (exact) mass is 263 g/mol. The van der Waals surface area contributed by atoms with Crippen LogP contribution in [-0.2, 0) is 11.2 Å². The zero-order valence-electron chi connectivity index (χ0n) is 12.7. The summed E-state index contributed by atoms with van der Waals surface area (Å²) in [6.45, 7) is 9.18. The SMILES string of the molecule is CCCCc1ccc(C(C)NCCCOCC)cc1. The summed E-state index contributed by atoms with van der Waals surface area (Å²) in [5, 5.41) is 3.54. The van der Waals surface area contributed by atoms with E-state index < -0.39 is 0 Å². The lowest BCUT2D eigenvalue weighted by molar-refractivity contribution is 0.144. The lowest BCUT2D eigenvalue weighted by Gasteiger charge is -2.14. The fourth-order valence-electron chi connectivity index (χ4n) is 2.11. The van der Waals surface area contributed by atoms with Crippen LogP contribution in [0.4, 0.5) is 0 Å². The number of benzene rings is 1. The van der Waals surface area contributed by atoms with Gasteiger partial charge in [0.1, 0.15) is 0 Å². The largest absolute Gasteiger partial charge is 0.382 e. The van der Waals surface area contributed by atoms with Gasteiger partial charge in [0.15, 0.2) is 0 Å². The minimum Gasteiger partial charge on any atom is -0.382 e. The molecule has 1 atom stereocenters. The number of unbranched alkanes of at least 4 members (excludes halogenated alkanes) is 1. The predicted octanol–water partition coefficient (Wildman–Crippen LogP) is 4.11. The molecule has 0 aliphatic carbocycles. The van der Waals surface area contributed by atoms with Gasteiger partial charge in [-0.2, -0.15) is 0 Å². The van der Waals surface area contributed by atoms with Crippen LogP contribution in [-0.4, -0.2) is 19.8 Å². The van der Waals surface area contributed by atoms with Crippen molar-refractivity contribution in [1.29, 1.82) is 0 Å². The van der Waals surface area contributed by atoms with Gasteiger partial charge in [0, 0.05) is 19.3 Å². The Bertz CT molecular complexity index is 321. The molecule has 1 aromatic rings. The lowest BCUT2D eigenvalue weighted by Crippen LogP contribution is -2.21. The van der Waals surface area contributed by atoms with Gasteiger partial charge in [0.2, 0.25) is 0 Å². The molecule has 19 heavy (non-hydrogen) atoms. The summed E-state index contributed by atoms with van der Waals surface area (Å²) in [7, 11) is 0. The molecule has 0 saturated heterocycles. The van der Waals surface area contributed by atoms with E-state index in [-0.39, 0.29) is 0 Å². The summed E-state index contributed by atoms with van der Waals surface area (Å²) >= 11 is 0. The number of nitrogens with one attached hydrogen (secondary N) is 1. The molecule has 0 aliphatic heterocycles. The average molecular weight is 263 g/mol. The van der Waals surface area contributed by atoms with Gasteiger partial charge in [-0.1, -0.05) is 37.6 Å². The van der Waals surface area contributed by atoms with Crippen LogP contribution in [0.2, 0.25) is 0 Å². The van der Waals surface area contributed by atoms with E-state index in [0.29, 0.717) is 6.04 Å². The molecule has 0 heterocycles. The molecular weight excluding hydrogens is 234 g/mol. The van der Waals surface area contributed by atoms with Crippen LogP contribution in [0.3, 0.4) is 0 Å². The first-order valence-corrected chi connectivity index (χ1v) is 7.67. The second-order valence-corrected chi connectivity index (χ2v) is 5.07. The number of hydrogen-bond donors (Lipinski definition) is 1. The third-order valence-corrected chi connectivity index (χ3v) is 3.42. The van der Waals surface area contributed by atoms with E-state index in [2.05, 4.69) is 43.4 Å². The van der Waals surface area contributed by atoms with E-state index in [1.807, 2.05) is 6.92 Å². The van der Waals surface area contributed by atoms with E-state index in [1.54, 1.807) is 0 Å². The Kier molecular flexibility index (Phi) is 8.52. The Hall–Kier alpha value is -0.860. The molecule has 0 aromatic heterocycles. The standard InChI is InChI=1S/C17H29NO/c1-4-6-8-16-9-11-17(12-10-16)15(3)18-13-7-14-19-5-2/h9-12,15,18H,4-8,13-14H2,1-3H3. The normalized spacial score (nSPS) is 12.6. The maximum atomic E-state index is 5.33. The van der Waals surface area contributed by atoms with E-state index in [9.17, 15) is 0 Å². The lowest BCUT2D eigenvalue weighted by atomic mass is 10.0. The highest BCUT2D eigenvalue weighted by molar-refractivity contribution is 5.24. The fraction of sp³-hybridized carbons (Fsp3) is 0.647. The van der Waals surface area contributed by atoms with Crippen molar-refractivity contribution in [1.82, 2.24) is 5.32 Å². The molecule has 2 heteroatoms. The van der Waals surface area contributed by atoms with Crippen molar-refractivity contribution >= 4 is 0 Å². The minimum atomic E-state index is 0.418. The highest BCUT2D eigenvalue weighted by Crippen LogP contribution is 2.14. The zero-order chi connectivity index (χ0) is 13.9. The van der Waals surface area contributed by atoms with Crippen molar-refractivity contribution in [2.45, 2.75) is 52.5 Å². The second kappa shape index (κ2) is 9.99. The Morgan fingerprint density at radius 1 is 1.11 bits per heavy atom. The van der Waals surface area contributed by atoms with Gasteiger partial charge in [0.05, 0.1) is 0 Å². The summed E-state index contributed by atoms with van der Waals surface area (Å²) in [5.74, 6) is 0. The Balaban J connectivity index is 2.29. The van der Waals surface area contributed by atoms with Crippen LogP contribution in [0.1, 0.15) is 57.2 Å². The first-order valence-electron chi connectivity index (χ1n) is 7.67. The van der Waals surface area contributed by atoms with Crippen molar-refractivity contribution in [3.63, 3.8) is 0 Å². The summed E-state index contributed by atoms with van der Waals surface area (Å²) in [4.78, 5) is 0. The molecule has 1 N–H and O–H groups in total. The third-order valence-electron chi connectivity index (χ3n) is 3.42. The Labute approximate surface area is 118 Å². The van der Waals surface area contributed by atoms with E-state index in [1.165, 1.54) is 30.4 Å². The van der Waals surface area contributed by atoms with E-state index in [0.717, 1.165) is 26.2 Å². The molecule has 0 aliphatic rings. The topological polar surface area (TPSA) is 21.3 Å². The van der Waals surface area contributed by atoms with Crippen LogP contribution >= 0.6 is 0 Å². The van der Waals surface area contributed by atoms with Crippen LogP contribution in [0.15, 0.2) is 24.3 Å². The van der Waals surface area contributed by atoms with Gasteiger partial charge < -0.3 is 10.1 Å². The summed E-state index contributed by atoms with van der Waals surface area (Å²) in [6.07, 6.45) is 4.82. The molecule has 1 unspecified atom stereocenters. The number of ether oxygens (including phenoxy) is 1. The van der Waals surface area contributed by atoms with Crippen LogP contribution in [0, 0.1) is 0 Å². The van der Waals surface area contributed by atoms with Gasteiger partial charge in [-0.3, -0.25) is 0 Å². The molecule has 0 amide bonds. The molecule has 0 radical (unpaired) electrons. The molecule has 0 bridgehead atoms. The van der Waals surface area contributed by atoms with Gasteiger partial charge in [0.25, 0.3) is 0 Å². The highest BCUT2D eigenvalue weighted by Gasteiger charge is 2.04. The van der Waals surface area contributed by atoms with Crippen molar-refractivity contribution < 1.29 is 4.74 Å². The van der Waals surface area contributed by atoms with Crippen molar-refractivity contribution in [2.24, 2.45) is 0 Å². The summed E-state index contributed by atoms with van der Waals surface area (Å²) in [5.41, 5.74) is 2.82. The van der Waals surface area contributed by atoms with E-state index in [4.69, 9.17) is 4.74 Å². The zero-order valence-corrected chi connectivity index (χ0v) is 12.7. The molecular formula is C17H29NO. The summed E-state index contributed by atoms with van der Waals surface area (Å²) < 4.78 is 5.33. The predicted molar refractivity (Wildman–Crippen MR) is 82.6 cm³/mol. The fourth-order valence-corrected chi connectivity index (χ4v) is 2.11. The molecule has 0 fully saturated rings. The smallest absolute Gasteiger partial charge is 0.0477 e. The summed E-state index contributed by atoms with van der Waals surface area (Å²) in [6, 6.07) is 9.46. The third kappa shape index (κ3) is 6.74. The number of hydrogen-bond acceptors (Lipinski definition) is 2. The van der Waals surface area contributed by atoms with Crippen LogP contribution in [0.5, 0.6) is 0 Å². The Morgan fingerprint density at radius 2 is 1.84 bits per heavy atom. The van der Waals surface area contributed by atoms with Crippen LogP contribution in [0.25, 0.3) is 0 Å². The average Bonchev–Trinajstić information content (AvgIpc) is 2.45. The van der Waals surface area contributed by atoms with Crippen molar-refractivity contribution in [2.75, 3.05) is 19.8 Å². The highest BCUT2D eigenvalue weighted by atomic mass is 16.5. The molecule has 0 spiro atoms. The number of aryl methyl sites for hydroxylation is 1. The van der Waals surface area contributed by atoms with E-state index >= 15 is 0 Å². The van der Waals surface area contributed by atoms with Gasteiger partial charge >= 0.3 is 0 Å². The second-order valence-electron chi connectivity index (χ2n) is 5.07. The molecule has 1 aromatic carbocycles. The quantitative estimate of drug-likeness (QED) is 0.642. The first-order chi connectivity index (χ1) is 9.27. The molecule has 0 saturated carbocycles. The maximum Gasteiger partial charge on any atom is 0.0477 e. The Morgan fingerprint density at radius 3 is 2.47 bits per heavy atom. The molecule has 108 valence electrons. The maximum absolute atomic E-state index is 5.33. The van der Waals surface area contributed by atoms with Gasteiger partial charge in [-0.25, -0.2) is 0 Å².